The van der Waals surface area contributed by atoms with Crippen molar-refractivity contribution in [1.82, 2.24) is 20.1 Å². The van der Waals surface area contributed by atoms with Gasteiger partial charge in [-0.3, -0.25) is 4.79 Å². The van der Waals surface area contributed by atoms with Gasteiger partial charge in [-0.25, -0.2) is 14.4 Å². The first-order valence-electron chi connectivity index (χ1n) is 7.44. The first-order valence-corrected chi connectivity index (χ1v) is 7.44. The van der Waals surface area contributed by atoms with Gasteiger partial charge in [-0.05, 0) is 25.0 Å². The lowest BCUT2D eigenvalue weighted by Gasteiger charge is -2.24. The van der Waals surface area contributed by atoms with Crippen LogP contribution in [0.1, 0.15) is 35.4 Å². The van der Waals surface area contributed by atoms with E-state index in [0.717, 1.165) is 12.8 Å². The first kappa shape index (κ1) is 14.5. The van der Waals surface area contributed by atoms with Crippen LogP contribution in [0.3, 0.4) is 0 Å². The molecule has 9 heteroatoms. The summed E-state index contributed by atoms with van der Waals surface area (Å²) in [5.74, 6) is -0.579. The van der Waals surface area contributed by atoms with Crippen molar-refractivity contribution in [3.8, 4) is 0 Å². The lowest BCUT2D eigenvalue weighted by Crippen LogP contribution is -2.24. The van der Waals surface area contributed by atoms with Crippen LogP contribution in [-0.4, -0.2) is 32.6 Å². The van der Waals surface area contributed by atoms with Gasteiger partial charge >= 0.3 is 0 Å². The number of rotatable bonds is 3. The van der Waals surface area contributed by atoms with E-state index in [-0.39, 0.29) is 17.8 Å². The topological polar surface area (TPSA) is 111 Å². The zero-order chi connectivity index (χ0) is 16.7. The van der Waals surface area contributed by atoms with Crippen LogP contribution in [0, 0.1) is 5.82 Å². The van der Waals surface area contributed by atoms with Crippen molar-refractivity contribution in [2.75, 3.05) is 11.4 Å². The highest BCUT2D eigenvalue weighted by molar-refractivity contribution is 5.90. The average Bonchev–Trinajstić information content (AvgIpc) is 3.23. The van der Waals surface area contributed by atoms with E-state index < -0.39 is 11.7 Å². The molecule has 0 unspecified atom stereocenters. The molecule has 4 rings (SSSR count). The molecule has 2 N–H and O–H groups in total. The standard InChI is InChI=1S/C15H13FN6O2/c16-8-3-1-4-9-11(8)14(19-7-18-9)22-6-2-5-10(22)15-20-13(12(17)23)21-24-15/h1,3-4,7,10H,2,5-6H2,(H2,17,23)/t10-/m0/s1. The van der Waals surface area contributed by atoms with Crippen molar-refractivity contribution in [2.45, 2.75) is 18.9 Å². The molecule has 2 aromatic heterocycles. The molecular weight excluding hydrogens is 315 g/mol. The van der Waals surface area contributed by atoms with E-state index in [0.29, 0.717) is 23.3 Å². The highest BCUT2D eigenvalue weighted by Crippen LogP contribution is 2.37. The highest BCUT2D eigenvalue weighted by atomic mass is 19.1. The van der Waals surface area contributed by atoms with Gasteiger partial charge in [0.05, 0.1) is 10.9 Å². The van der Waals surface area contributed by atoms with E-state index in [9.17, 15) is 9.18 Å². The van der Waals surface area contributed by atoms with Crippen molar-refractivity contribution < 1.29 is 13.7 Å². The number of hydrogen-bond donors (Lipinski definition) is 1. The molecule has 1 atom stereocenters. The van der Waals surface area contributed by atoms with Crippen LogP contribution >= 0.6 is 0 Å². The van der Waals surface area contributed by atoms with E-state index >= 15 is 0 Å². The summed E-state index contributed by atoms with van der Waals surface area (Å²) in [6.07, 6.45) is 2.97. The Hall–Kier alpha value is -3.10. The third kappa shape index (κ3) is 2.25. The molecule has 0 spiro atoms. The van der Waals surface area contributed by atoms with Crippen LogP contribution in [0.4, 0.5) is 10.2 Å². The van der Waals surface area contributed by atoms with Gasteiger partial charge in [-0.15, -0.1) is 0 Å². The van der Waals surface area contributed by atoms with Crippen LogP contribution in [0.15, 0.2) is 29.0 Å². The van der Waals surface area contributed by atoms with Crippen molar-refractivity contribution >= 4 is 22.6 Å². The summed E-state index contributed by atoms with van der Waals surface area (Å²) in [6, 6.07) is 4.42. The molecule has 3 heterocycles. The normalized spacial score (nSPS) is 17.5. The fraction of sp³-hybridized carbons (Fsp3) is 0.267. The highest BCUT2D eigenvalue weighted by Gasteiger charge is 2.33. The Kier molecular flexibility index (Phi) is 3.33. The van der Waals surface area contributed by atoms with Gasteiger partial charge in [0.1, 0.15) is 24.0 Å². The Morgan fingerprint density at radius 1 is 1.38 bits per heavy atom. The molecule has 1 fully saturated rings. The molecule has 0 radical (unpaired) electrons. The minimum absolute atomic E-state index is 0.171. The molecule has 1 saturated heterocycles. The lowest BCUT2D eigenvalue weighted by atomic mass is 10.2. The van der Waals surface area contributed by atoms with Crippen LogP contribution in [0.5, 0.6) is 0 Å². The van der Waals surface area contributed by atoms with E-state index in [2.05, 4.69) is 20.1 Å². The predicted octanol–water partition coefficient (Wildman–Crippen LogP) is 1.59. The number of aromatic nitrogens is 4. The summed E-state index contributed by atoms with van der Waals surface area (Å²) in [5.41, 5.74) is 5.68. The van der Waals surface area contributed by atoms with Gasteiger partial charge in [-0.1, -0.05) is 11.2 Å². The Morgan fingerprint density at radius 2 is 2.25 bits per heavy atom. The lowest BCUT2D eigenvalue weighted by molar-refractivity contribution is 0.0987. The second-order valence-corrected chi connectivity index (χ2v) is 5.50. The second-order valence-electron chi connectivity index (χ2n) is 5.50. The first-order chi connectivity index (χ1) is 11.6. The molecule has 3 aromatic rings. The predicted molar refractivity (Wildman–Crippen MR) is 81.6 cm³/mol. The molecule has 122 valence electrons. The van der Waals surface area contributed by atoms with Crippen LogP contribution in [-0.2, 0) is 0 Å². The molecule has 8 nitrogen and oxygen atoms in total. The average molecular weight is 328 g/mol. The van der Waals surface area contributed by atoms with E-state index in [1.54, 1.807) is 12.1 Å². The largest absolute Gasteiger partial charge is 0.363 e. The SMILES string of the molecule is NC(=O)c1noc([C@@H]2CCCN2c2ncnc3cccc(F)c23)n1. The maximum absolute atomic E-state index is 14.3. The summed E-state index contributed by atoms with van der Waals surface area (Å²) in [7, 11) is 0. The Balaban J connectivity index is 1.79. The number of carbonyl (C=O) groups excluding carboxylic acids is 1. The number of halogens is 1. The van der Waals surface area contributed by atoms with Gasteiger partial charge in [0.2, 0.25) is 5.89 Å². The fourth-order valence-corrected chi connectivity index (χ4v) is 3.02. The fourth-order valence-electron chi connectivity index (χ4n) is 3.02. The molecule has 0 saturated carbocycles. The Bertz CT molecular complexity index is 922. The molecule has 1 aromatic carbocycles. The number of anilines is 1. The zero-order valence-corrected chi connectivity index (χ0v) is 12.5. The molecule has 0 bridgehead atoms. The van der Waals surface area contributed by atoms with Crippen molar-refractivity contribution in [3.05, 3.63) is 42.1 Å². The van der Waals surface area contributed by atoms with Crippen molar-refractivity contribution in [1.29, 1.82) is 0 Å². The zero-order valence-electron chi connectivity index (χ0n) is 12.5. The second kappa shape index (κ2) is 5.52. The number of nitrogens with two attached hydrogens (primary N) is 1. The number of primary amides is 1. The molecule has 1 aliphatic rings. The minimum atomic E-state index is -0.756. The van der Waals surface area contributed by atoms with Crippen LogP contribution in [0.25, 0.3) is 10.9 Å². The summed E-state index contributed by atoms with van der Waals surface area (Å²) in [5, 5.41) is 3.92. The monoisotopic (exact) mass is 328 g/mol. The molecular formula is C15H13FN6O2. The summed E-state index contributed by atoms with van der Waals surface area (Å²) in [6.45, 7) is 0.652. The summed E-state index contributed by atoms with van der Waals surface area (Å²) >= 11 is 0. The van der Waals surface area contributed by atoms with Gasteiger partial charge in [0.25, 0.3) is 11.7 Å². The van der Waals surface area contributed by atoms with Crippen molar-refractivity contribution in [3.63, 3.8) is 0 Å². The Morgan fingerprint density at radius 3 is 3.04 bits per heavy atom. The van der Waals surface area contributed by atoms with Crippen LogP contribution in [0.2, 0.25) is 0 Å². The maximum atomic E-state index is 14.3. The number of carbonyl (C=O) groups is 1. The molecule has 1 aliphatic heterocycles. The number of nitrogens with zero attached hydrogens (tertiary/aromatic N) is 5. The summed E-state index contributed by atoms with van der Waals surface area (Å²) < 4.78 is 19.5. The summed E-state index contributed by atoms with van der Waals surface area (Å²) in [4.78, 5) is 25.5. The van der Waals surface area contributed by atoms with Gasteiger partial charge in [-0.2, -0.15) is 4.98 Å². The van der Waals surface area contributed by atoms with Gasteiger partial charge in [0.15, 0.2) is 0 Å². The van der Waals surface area contributed by atoms with Gasteiger partial charge < -0.3 is 15.2 Å². The number of hydrogen-bond acceptors (Lipinski definition) is 7. The minimum Gasteiger partial charge on any atom is -0.363 e. The third-order valence-electron chi connectivity index (χ3n) is 4.06. The van der Waals surface area contributed by atoms with Crippen LogP contribution < -0.4 is 10.6 Å². The van der Waals surface area contributed by atoms with E-state index in [1.807, 2.05) is 4.90 Å². The third-order valence-corrected chi connectivity index (χ3v) is 4.06. The number of benzene rings is 1. The quantitative estimate of drug-likeness (QED) is 0.777. The number of amides is 1. The molecule has 1 amide bonds. The number of fused-ring (bicyclic) bond motifs is 1. The van der Waals surface area contributed by atoms with E-state index in [4.69, 9.17) is 10.3 Å². The van der Waals surface area contributed by atoms with E-state index in [1.165, 1.54) is 12.4 Å². The molecule has 0 aliphatic carbocycles. The van der Waals surface area contributed by atoms with Gasteiger partial charge in [0, 0.05) is 6.54 Å². The Labute approximate surface area is 135 Å². The maximum Gasteiger partial charge on any atom is 0.290 e. The molecule has 24 heavy (non-hydrogen) atoms. The van der Waals surface area contributed by atoms with Crippen molar-refractivity contribution in [2.24, 2.45) is 5.73 Å². The smallest absolute Gasteiger partial charge is 0.290 e.